The molecule has 5 heteroatoms. The van der Waals surface area contributed by atoms with E-state index in [4.69, 9.17) is 9.72 Å². The molecular formula is C50H37N4O+. The molecule has 0 unspecified atom stereocenters. The topological polar surface area (TPSA) is 35.9 Å². The van der Waals surface area contributed by atoms with Crippen molar-refractivity contribution < 1.29 is 9.30 Å². The Morgan fingerprint density at radius 3 is 1.89 bits per heavy atom. The zero-order valence-electron chi connectivity index (χ0n) is 30.6. The molecular weight excluding hydrogens is 673 g/mol. The van der Waals surface area contributed by atoms with Crippen LogP contribution in [0.15, 0.2) is 188 Å². The first-order chi connectivity index (χ1) is 27.1. The van der Waals surface area contributed by atoms with Crippen LogP contribution >= 0.6 is 0 Å². The maximum absolute atomic E-state index is 6.68. The molecule has 0 amide bonds. The van der Waals surface area contributed by atoms with E-state index < -0.39 is 0 Å². The molecule has 3 heterocycles. The van der Waals surface area contributed by atoms with Crippen LogP contribution in [0, 0.1) is 13.8 Å². The monoisotopic (exact) mass is 709 g/mol. The van der Waals surface area contributed by atoms with Gasteiger partial charge in [-0.15, -0.1) is 0 Å². The highest BCUT2D eigenvalue weighted by molar-refractivity contribution is 6.09. The molecule has 5 nitrogen and oxygen atoms in total. The summed E-state index contributed by atoms with van der Waals surface area (Å²) in [6.07, 6.45) is 4.16. The Labute approximate surface area is 319 Å². The molecule has 10 aromatic rings. The predicted molar refractivity (Wildman–Crippen MR) is 224 cm³/mol. The fourth-order valence-electron chi connectivity index (χ4n) is 7.83. The molecule has 0 N–H and O–H groups in total. The number of ether oxygens (including phenoxy) is 1. The summed E-state index contributed by atoms with van der Waals surface area (Å²) in [6.45, 7) is 4.23. The van der Waals surface area contributed by atoms with Crippen molar-refractivity contribution in [2.24, 2.45) is 0 Å². The number of nitrogens with zero attached hydrogens (tertiary/aromatic N) is 4. The minimum Gasteiger partial charge on any atom is -0.457 e. The third-order valence-electron chi connectivity index (χ3n) is 10.6. The average molecular weight is 710 g/mol. The minimum atomic E-state index is 0.753. The van der Waals surface area contributed by atoms with Crippen molar-refractivity contribution in [2.45, 2.75) is 13.8 Å². The van der Waals surface area contributed by atoms with Crippen molar-refractivity contribution in [3.05, 3.63) is 200 Å². The highest BCUT2D eigenvalue weighted by Gasteiger charge is 2.25. The van der Waals surface area contributed by atoms with Gasteiger partial charge in [0.2, 0.25) is 0 Å². The van der Waals surface area contributed by atoms with E-state index in [0.717, 1.165) is 67.3 Å². The van der Waals surface area contributed by atoms with Gasteiger partial charge in [-0.1, -0.05) is 115 Å². The molecule has 0 aliphatic carbocycles. The molecule has 0 radical (unpaired) electrons. The summed E-state index contributed by atoms with van der Waals surface area (Å²) in [5.41, 5.74) is 13.5. The fourth-order valence-corrected chi connectivity index (χ4v) is 7.83. The van der Waals surface area contributed by atoms with E-state index in [2.05, 4.69) is 204 Å². The van der Waals surface area contributed by atoms with Gasteiger partial charge in [-0.2, -0.15) is 9.13 Å². The van der Waals surface area contributed by atoms with E-state index in [1.807, 2.05) is 12.3 Å². The van der Waals surface area contributed by atoms with E-state index in [-0.39, 0.29) is 0 Å². The van der Waals surface area contributed by atoms with Crippen LogP contribution in [0.2, 0.25) is 0 Å². The molecule has 7 aromatic carbocycles. The van der Waals surface area contributed by atoms with Crippen molar-refractivity contribution in [2.75, 3.05) is 0 Å². The first kappa shape index (κ1) is 32.4. The van der Waals surface area contributed by atoms with Crippen molar-refractivity contribution in [1.29, 1.82) is 0 Å². The minimum absolute atomic E-state index is 0.753. The van der Waals surface area contributed by atoms with Gasteiger partial charge in [0.05, 0.1) is 11.0 Å². The van der Waals surface area contributed by atoms with Gasteiger partial charge >= 0.3 is 0 Å². The molecule has 0 saturated carbocycles. The van der Waals surface area contributed by atoms with Crippen LogP contribution in [0.1, 0.15) is 11.1 Å². The second-order valence-electron chi connectivity index (χ2n) is 14.0. The lowest BCUT2D eigenvalue weighted by Crippen LogP contribution is -2.30. The van der Waals surface area contributed by atoms with Crippen molar-refractivity contribution >= 4 is 32.8 Å². The number of rotatable bonds is 7. The van der Waals surface area contributed by atoms with Gasteiger partial charge in [-0.3, -0.25) is 4.57 Å². The zero-order chi connectivity index (χ0) is 36.9. The van der Waals surface area contributed by atoms with Crippen LogP contribution in [0.4, 0.5) is 0 Å². The summed E-state index contributed by atoms with van der Waals surface area (Å²) < 4.78 is 13.5. The van der Waals surface area contributed by atoms with Crippen LogP contribution in [0.3, 0.4) is 0 Å². The Morgan fingerprint density at radius 2 is 1.15 bits per heavy atom. The van der Waals surface area contributed by atoms with Gasteiger partial charge < -0.3 is 4.74 Å². The molecule has 0 saturated heterocycles. The molecule has 0 aliphatic heterocycles. The lowest BCUT2D eigenvalue weighted by molar-refractivity contribution is -0.566. The highest BCUT2D eigenvalue weighted by atomic mass is 16.5. The Hall–Kier alpha value is -7.24. The van der Waals surface area contributed by atoms with Crippen LogP contribution in [-0.2, 0) is 0 Å². The van der Waals surface area contributed by atoms with Crippen LogP contribution in [0.25, 0.3) is 72.3 Å². The Kier molecular flexibility index (Phi) is 7.85. The standard InChI is InChI=1S/C50H37N4O/c1-34-29-49(51-32-35(34)2)54-45-24-10-9-21-43(45)44-28-27-40(31-48(44)54)55-39-20-13-19-38(30-39)52-33-53(47-26-12-11-25-46(47)52)50-41(36-15-5-3-6-16-36)22-14-23-42(50)37-17-7-4-8-18-37/h3-33H,1-2H3/q+1. The summed E-state index contributed by atoms with van der Waals surface area (Å²) in [4.78, 5) is 4.85. The summed E-state index contributed by atoms with van der Waals surface area (Å²) in [5.74, 6) is 2.41. The summed E-state index contributed by atoms with van der Waals surface area (Å²) >= 11 is 0. The van der Waals surface area contributed by atoms with Crippen molar-refractivity contribution in [3.63, 3.8) is 0 Å². The van der Waals surface area contributed by atoms with Gasteiger partial charge in [-0.05, 0) is 84.6 Å². The Bertz CT molecular complexity index is 2970. The SMILES string of the molecule is Cc1cnc(-n2c3ccccc3c3ccc(Oc4cccc(-n5c[n+](-c6c(-c7ccccc7)cccc6-c6ccccc6)c6ccccc65)c4)cc32)cc1C. The van der Waals surface area contributed by atoms with E-state index in [9.17, 15) is 0 Å². The first-order valence-electron chi connectivity index (χ1n) is 18.6. The molecule has 0 spiro atoms. The number of hydrogen-bond donors (Lipinski definition) is 0. The van der Waals surface area contributed by atoms with Crippen LogP contribution in [0.5, 0.6) is 11.5 Å². The van der Waals surface area contributed by atoms with Crippen LogP contribution < -0.4 is 9.30 Å². The molecule has 3 aromatic heterocycles. The maximum atomic E-state index is 6.68. The quantitative estimate of drug-likeness (QED) is 0.154. The number of aryl methyl sites for hydroxylation is 2. The molecule has 0 bridgehead atoms. The fraction of sp³-hybridized carbons (Fsp3) is 0.0400. The van der Waals surface area contributed by atoms with Gasteiger partial charge in [0, 0.05) is 40.2 Å². The zero-order valence-corrected chi connectivity index (χ0v) is 30.6. The number of imidazole rings is 1. The summed E-state index contributed by atoms with van der Waals surface area (Å²) in [6, 6.07) is 61.8. The summed E-state index contributed by atoms with van der Waals surface area (Å²) in [7, 11) is 0. The third-order valence-corrected chi connectivity index (χ3v) is 10.6. The average Bonchev–Trinajstić information content (AvgIpc) is 3.78. The largest absolute Gasteiger partial charge is 0.457 e. The third kappa shape index (κ3) is 5.65. The lowest BCUT2D eigenvalue weighted by Gasteiger charge is -2.13. The number of benzene rings is 7. The molecule has 10 rings (SSSR count). The number of fused-ring (bicyclic) bond motifs is 4. The van der Waals surface area contributed by atoms with Gasteiger partial charge in [-0.25, -0.2) is 4.98 Å². The van der Waals surface area contributed by atoms with Crippen molar-refractivity contribution in [1.82, 2.24) is 14.1 Å². The van der Waals surface area contributed by atoms with E-state index >= 15 is 0 Å². The lowest BCUT2D eigenvalue weighted by atomic mass is 9.95. The van der Waals surface area contributed by atoms with E-state index in [1.165, 1.54) is 27.6 Å². The van der Waals surface area contributed by atoms with Gasteiger partial charge in [0.1, 0.15) is 28.7 Å². The number of para-hydroxylation sites is 4. The van der Waals surface area contributed by atoms with Crippen molar-refractivity contribution in [3.8, 4) is 50.9 Å². The molecule has 0 aliphatic rings. The maximum Gasteiger partial charge on any atom is 0.255 e. The van der Waals surface area contributed by atoms with Crippen LogP contribution in [-0.4, -0.2) is 14.1 Å². The molecule has 262 valence electrons. The first-order valence-corrected chi connectivity index (χ1v) is 18.6. The smallest absolute Gasteiger partial charge is 0.255 e. The summed E-state index contributed by atoms with van der Waals surface area (Å²) in [5, 5.41) is 2.34. The second-order valence-corrected chi connectivity index (χ2v) is 14.0. The number of hydrogen-bond acceptors (Lipinski definition) is 2. The molecule has 55 heavy (non-hydrogen) atoms. The predicted octanol–water partition coefficient (Wildman–Crippen LogP) is 12.1. The number of aromatic nitrogens is 4. The molecule has 0 atom stereocenters. The van der Waals surface area contributed by atoms with Gasteiger partial charge in [0.15, 0.2) is 11.0 Å². The van der Waals surface area contributed by atoms with E-state index in [0.29, 0.717) is 0 Å². The Morgan fingerprint density at radius 1 is 0.509 bits per heavy atom. The Balaban J connectivity index is 1.09. The number of pyridine rings is 1. The van der Waals surface area contributed by atoms with E-state index in [1.54, 1.807) is 0 Å². The highest BCUT2D eigenvalue weighted by Crippen LogP contribution is 2.37. The second kappa shape index (κ2) is 13.3. The van der Waals surface area contributed by atoms with Gasteiger partial charge in [0.25, 0.3) is 6.33 Å². The normalized spacial score (nSPS) is 11.5. The molecule has 0 fully saturated rings.